The fourth-order valence-electron chi connectivity index (χ4n) is 2.37. The van der Waals surface area contributed by atoms with Crippen LogP contribution in [0.15, 0.2) is 54.9 Å². The summed E-state index contributed by atoms with van der Waals surface area (Å²) in [6.45, 7) is 2.65. The van der Waals surface area contributed by atoms with E-state index in [1.165, 1.54) is 6.07 Å². The lowest BCUT2D eigenvalue weighted by atomic mass is 10.1. The van der Waals surface area contributed by atoms with Crippen LogP contribution in [0.1, 0.15) is 19.8 Å². The average Bonchev–Trinajstić information content (AvgIpc) is 2.63. The van der Waals surface area contributed by atoms with Crippen LogP contribution in [0.5, 0.6) is 11.5 Å². The molecule has 2 aromatic carbocycles. The van der Waals surface area contributed by atoms with Gasteiger partial charge in [0.15, 0.2) is 5.82 Å². The van der Waals surface area contributed by atoms with Crippen molar-refractivity contribution in [3.63, 3.8) is 0 Å². The first-order valence-electron chi connectivity index (χ1n) is 8.21. The van der Waals surface area contributed by atoms with E-state index < -0.39 is 5.82 Å². The van der Waals surface area contributed by atoms with Crippen molar-refractivity contribution in [3.05, 3.63) is 60.7 Å². The zero-order valence-electron chi connectivity index (χ0n) is 13.9. The van der Waals surface area contributed by atoms with Crippen LogP contribution in [0.2, 0.25) is 0 Å². The number of phenols is 1. The Morgan fingerprint density at radius 3 is 2.36 bits per heavy atom. The van der Waals surface area contributed by atoms with E-state index in [9.17, 15) is 9.50 Å². The summed E-state index contributed by atoms with van der Waals surface area (Å²) in [5, 5.41) is 9.33. The van der Waals surface area contributed by atoms with E-state index >= 15 is 0 Å². The summed E-state index contributed by atoms with van der Waals surface area (Å²) in [6, 6.07) is 11.5. The van der Waals surface area contributed by atoms with Gasteiger partial charge >= 0.3 is 0 Å². The Kier molecular flexibility index (Phi) is 5.23. The van der Waals surface area contributed by atoms with E-state index in [1.807, 2.05) is 0 Å². The molecule has 3 rings (SSSR count). The van der Waals surface area contributed by atoms with Gasteiger partial charge in [-0.15, -0.1) is 0 Å². The summed E-state index contributed by atoms with van der Waals surface area (Å²) in [6.07, 6.45) is 5.24. The fraction of sp³-hybridized carbons (Fsp3) is 0.200. The molecule has 0 aliphatic heterocycles. The maximum Gasteiger partial charge on any atom is 0.162 e. The standard InChI is InChI=1S/C20H19FN2O2/c1-2-3-10-25-17-8-9-18(19(21)11-17)20-22-12-15(13-23-20)14-4-6-16(24)7-5-14/h4-9,11-13,24H,2-3,10H2,1H3. The molecule has 4 nitrogen and oxygen atoms in total. The van der Waals surface area contributed by atoms with Crippen LogP contribution >= 0.6 is 0 Å². The van der Waals surface area contributed by atoms with Gasteiger partial charge < -0.3 is 9.84 Å². The van der Waals surface area contributed by atoms with Gasteiger partial charge in [-0.05, 0) is 36.2 Å². The van der Waals surface area contributed by atoms with Gasteiger partial charge in [0.1, 0.15) is 17.3 Å². The van der Waals surface area contributed by atoms with E-state index in [-0.39, 0.29) is 5.75 Å². The van der Waals surface area contributed by atoms with E-state index in [2.05, 4.69) is 16.9 Å². The van der Waals surface area contributed by atoms with Crippen LogP contribution in [-0.2, 0) is 0 Å². The van der Waals surface area contributed by atoms with Gasteiger partial charge in [-0.3, -0.25) is 0 Å². The van der Waals surface area contributed by atoms with Crippen molar-refractivity contribution in [2.75, 3.05) is 6.61 Å². The number of nitrogens with zero attached hydrogens (tertiary/aromatic N) is 2. The number of hydrogen-bond donors (Lipinski definition) is 1. The molecule has 1 heterocycles. The number of aromatic hydroxyl groups is 1. The van der Waals surface area contributed by atoms with Crippen LogP contribution < -0.4 is 4.74 Å². The zero-order valence-corrected chi connectivity index (χ0v) is 13.9. The van der Waals surface area contributed by atoms with Crippen molar-refractivity contribution in [1.29, 1.82) is 0 Å². The van der Waals surface area contributed by atoms with E-state index in [0.717, 1.165) is 24.0 Å². The first kappa shape index (κ1) is 16.9. The van der Waals surface area contributed by atoms with Gasteiger partial charge in [-0.1, -0.05) is 25.5 Å². The topological polar surface area (TPSA) is 55.2 Å². The number of unbranched alkanes of at least 4 members (excludes halogenated alkanes) is 1. The Morgan fingerprint density at radius 2 is 1.72 bits per heavy atom. The maximum absolute atomic E-state index is 14.3. The number of halogens is 1. The Balaban J connectivity index is 1.78. The highest BCUT2D eigenvalue weighted by Gasteiger charge is 2.10. The van der Waals surface area contributed by atoms with Gasteiger partial charge in [-0.25, -0.2) is 14.4 Å². The number of phenolic OH excluding ortho intramolecular Hbond substituents is 1. The Bertz CT molecular complexity index is 833. The highest BCUT2D eigenvalue weighted by molar-refractivity contribution is 5.64. The van der Waals surface area contributed by atoms with E-state index in [4.69, 9.17) is 4.74 Å². The Labute approximate surface area is 146 Å². The van der Waals surface area contributed by atoms with Gasteiger partial charge in [0.05, 0.1) is 12.2 Å². The van der Waals surface area contributed by atoms with Gasteiger partial charge in [0, 0.05) is 24.0 Å². The molecule has 0 aliphatic rings. The first-order valence-corrected chi connectivity index (χ1v) is 8.21. The molecule has 1 N–H and O–H groups in total. The largest absolute Gasteiger partial charge is 0.508 e. The molecule has 0 spiro atoms. The third kappa shape index (κ3) is 4.12. The molecule has 3 aromatic rings. The average molecular weight is 338 g/mol. The molecule has 0 fully saturated rings. The fourth-order valence-corrected chi connectivity index (χ4v) is 2.37. The van der Waals surface area contributed by atoms with Crippen molar-refractivity contribution in [1.82, 2.24) is 9.97 Å². The van der Waals surface area contributed by atoms with Crippen LogP contribution in [-0.4, -0.2) is 21.7 Å². The zero-order chi connectivity index (χ0) is 17.6. The van der Waals surface area contributed by atoms with Crippen molar-refractivity contribution in [2.24, 2.45) is 0 Å². The molecule has 0 amide bonds. The quantitative estimate of drug-likeness (QED) is 0.654. The van der Waals surface area contributed by atoms with Crippen molar-refractivity contribution < 1.29 is 14.2 Å². The second-order valence-electron chi connectivity index (χ2n) is 5.69. The van der Waals surface area contributed by atoms with E-state index in [0.29, 0.717) is 23.7 Å². The molecule has 0 radical (unpaired) electrons. The minimum atomic E-state index is -0.411. The maximum atomic E-state index is 14.3. The number of aromatic nitrogens is 2. The van der Waals surface area contributed by atoms with Crippen LogP contribution in [0.4, 0.5) is 4.39 Å². The monoisotopic (exact) mass is 338 g/mol. The number of ether oxygens (including phenoxy) is 1. The summed E-state index contributed by atoms with van der Waals surface area (Å²) >= 11 is 0. The SMILES string of the molecule is CCCCOc1ccc(-c2ncc(-c3ccc(O)cc3)cn2)c(F)c1. The lowest BCUT2D eigenvalue weighted by Crippen LogP contribution is -1.98. The third-order valence-corrected chi connectivity index (χ3v) is 3.80. The smallest absolute Gasteiger partial charge is 0.162 e. The summed E-state index contributed by atoms with van der Waals surface area (Å²) < 4.78 is 19.8. The number of rotatable bonds is 6. The molecule has 0 saturated heterocycles. The van der Waals surface area contributed by atoms with Crippen LogP contribution in [0, 0.1) is 5.82 Å². The normalized spacial score (nSPS) is 10.6. The van der Waals surface area contributed by atoms with Crippen molar-refractivity contribution in [2.45, 2.75) is 19.8 Å². The molecule has 0 aliphatic carbocycles. The van der Waals surface area contributed by atoms with Crippen LogP contribution in [0.25, 0.3) is 22.5 Å². The highest BCUT2D eigenvalue weighted by Crippen LogP contribution is 2.26. The molecule has 5 heteroatoms. The molecular formula is C20H19FN2O2. The van der Waals surface area contributed by atoms with Crippen molar-refractivity contribution in [3.8, 4) is 34.0 Å². The predicted octanol–water partition coefficient (Wildman–Crippen LogP) is 4.83. The molecule has 0 unspecified atom stereocenters. The molecule has 0 saturated carbocycles. The third-order valence-electron chi connectivity index (χ3n) is 3.80. The summed E-state index contributed by atoms with van der Waals surface area (Å²) in [5.41, 5.74) is 2.01. The van der Waals surface area contributed by atoms with Gasteiger partial charge in [-0.2, -0.15) is 0 Å². The van der Waals surface area contributed by atoms with Crippen molar-refractivity contribution >= 4 is 0 Å². The number of benzene rings is 2. The summed E-state index contributed by atoms with van der Waals surface area (Å²) in [4.78, 5) is 8.52. The van der Waals surface area contributed by atoms with E-state index in [1.54, 1.807) is 48.8 Å². The second kappa shape index (κ2) is 7.75. The molecule has 25 heavy (non-hydrogen) atoms. The second-order valence-corrected chi connectivity index (χ2v) is 5.69. The molecule has 128 valence electrons. The summed E-state index contributed by atoms with van der Waals surface area (Å²) in [7, 11) is 0. The summed E-state index contributed by atoms with van der Waals surface area (Å²) in [5.74, 6) is 0.617. The minimum Gasteiger partial charge on any atom is -0.508 e. The predicted molar refractivity (Wildman–Crippen MR) is 94.9 cm³/mol. The molecular weight excluding hydrogens is 319 g/mol. The van der Waals surface area contributed by atoms with Gasteiger partial charge in [0.25, 0.3) is 0 Å². The number of hydrogen-bond acceptors (Lipinski definition) is 4. The highest BCUT2D eigenvalue weighted by atomic mass is 19.1. The molecule has 1 aromatic heterocycles. The lowest BCUT2D eigenvalue weighted by molar-refractivity contribution is 0.308. The lowest BCUT2D eigenvalue weighted by Gasteiger charge is -2.08. The Hall–Kier alpha value is -2.95. The van der Waals surface area contributed by atoms with Crippen LogP contribution in [0.3, 0.4) is 0 Å². The Morgan fingerprint density at radius 1 is 1.00 bits per heavy atom. The molecule has 0 bridgehead atoms. The first-order chi connectivity index (χ1) is 12.2. The van der Waals surface area contributed by atoms with Gasteiger partial charge in [0.2, 0.25) is 0 Å². The minimum absolute atomic E-state index is 0.199. The molecule has 0 atom stereocenters.